The van der Waals surface area contributed by atoms with Crippen LogP contribution in [0.15, 0.2) is 33.7 Å². The van der Waals surface area contributed by atoms with Crippen LogP contribution in [0.1, 0.15) is 22.9 Å². The number of aromatic nitrogens is 2. The Kier molecular flexibility index (Phi) is 4.47. The molecule has 3 aromatic rings. The topological polar surface area (TPSA) is 85.1 Å². The number of fused-ring (bicyclic) bond motifs is 1. The third-order valence-electron chi connectivity index (χ3n) is 3.43. The molecule has 0 unspecified atom stereocenters. The van der Waals surface area contributed by atoms with Gasteiger partial charge < -0.3 is 4.52 Å². The second kappa shape index (κ2) is 6.38. The molecule has 2 heterocycles. The van der Waals surface area contributed by atoms with Crippen molar-refractivity contribution in [3.63, 3.8) is 0 Å². The van der Waals surface area contributed by atoms with Crippen LogP contribution in [0.2, 0.25) is 0 Å². The van der Waals surface area contributed by atoms with Gasteiger partial charge in [-0.05, 0) is 32.4 Å². The quantitative estimate of drug-likeness (QED) is 0.690. The molecule has 6 nitrogen and oxygen atoms in total. The molecule has 0 bridgehead atoms. The maximum atomic E-state index is 12.3. The molecule has 122 valence electrons. The third-order valence-corrected chi connectivity index (χ3v) is 6.23. The average Bonchev–Trinajstić information content (AvgIpc) is 3.06. The molecule has 0 atom stereocenters. The van der Waals surface area contributed by atoms with Gasteiger partial charge in [-0.1, -0.05) is 17.3 Å². The molecule has 0 spiro atoms. The highest BCUT2D eigenvalue weighted by atomic mass is 32.2. The SMILES string of the molecule is Cc1noc(C)c1S(=O)(=O)NCCCc1nc2ccccc2s1. The molecule has 0 radical (unpaired) electrons. The molecule has 3 rings (SSSR count). The number of aryl methyl sites for hydroxylation is 3. The molecular formula is C15H17N3O3S2. The molecule has 0 aliphatic rings. The highest BCUT2D eigenvalue weighted by Crippen LogP contribution is 2.22. The summed E-state index contributed by atoms with van der Waals surface area (Å²) in [5.41, 5.74) is 1.37. The largest absolute Gasteiger partial charge is 0.360 e. The summed E-state index contributed by atoms with van der Waals surface area (Å²) in [7, 11) is -3.58. The molecule has 1 aromatic carbocycles. The van der Waals surface area contributed by atoms with Crippen molar-refractivity contribution < 1.29 is 12.9 Å². The van der Waals surface area contributed by atoms with E-state index in [9.17, 15) is 8.42 Å². The Bertz CT molecular complexity index is 876. The fourth-order valence-electron chi connectivity index (χ4n) is 2.40. The highest BCUT2D eigenvalue weighted by molar-refractivity contribution is 7.89. The summed E-state index contributed by atoms with van der Waals surface area (Å²) in [6.07, 6.45) is 1.42. The zero-order chi connectivity index (χ0) is 16.4. The molecule has 0 aliphatic heterocycles. The summed E-state index contributed by atoms with van der Waals surface area (Å²) >= 11 is 1.64. The van der Waals surface area contributed by atoms with Gasteiger partial charge in [-0.25, -0.2) is 18.1 Å². The van der Waals surface area contributed by atoms with Crippen LogP contribution in [0.4, 0.5) is 0 Å². The van der Waals surface area contributed by atoms with Gasteiger partial charge in [0, 0.05) is 13.0 Å². The van der Waals surface area contributed by atoms with Crippen LogP contribution in [-0.2, 0) is 16.4 Å². The lowest BCUT2D eigenvalue weighted by Gasteiger charge is -2.05. The van der Waals surface area contributed by atoms with Gasteiger partial charge in [0.15, 0.2) is 5.76 Å². The van der Waals surface area contributed by atoms with Crippen molar-refractivity contribution in [2.24, 2.45) is 0 Å². The van der Waals surface area contributed by atoms with Crippen LogP contribution in [-0.4, -0.2) is 25.1 Å². The second-order valence-electron chi connectivity index (χ2n) is 5.23. The number of para-hydroxylation sites is 1. The number of sulfonamides is 1. The Morgan fingerprint density at radius 2 is 2.04 bits per heavy atom. The van der Waals surface area contributed by atoms with Crippen LogP contribution in [0.5, 0.6) is 0 Å². The van der Waals surface area contributed by atoms with E-state index < -0.39 is 10.0 Å². The summed E-state index contributed by atoms with van der Waals surface area (Å²) in [6, 6.07) is 7.97. The highest BCUT2D eigenvalue weighted by Gasteiger charge is 2.23. The van der Waals surface area contributed by atoms with Gasteiger partial charge in [-0.15, -0.1) is 11.3 Å². The van der Waals surface area contributed by atoms with E-state index in [2.05, 4.69) is 14.9 Å². The maximum absolute atomic E-state index is 12.3. The van der Waals surface area contributed by atoms with E-state index >= 15 is 0 Å². The van der Waals surface area contributed by atoms with Crippen LogP contribution < -0.4 is 4.72 Å². The zero-order valence-electron chi connectivity index (χ0n) is 12.9. The summed E-state index contributed by atoms with van der Waals surface area (Å²) in [6.45, 7) is 3.56. The first kappa shape index (κ1) is 16.1. The number of hydrogen-bond donors (Lipinski definition) is 1. The number of hydrogen-bond acceptors (Lipinski definition) is 6. The minimum atomic E-state index is -3.58. The number of rotatable bonds is 6. The molecule has 0 aliphatic carbocycles. The lowest BCUT2D eigenvalue weighted by atomic mass is 10.3. The van der Waals surface area contributed by atoms with E-state index in [0.29, 0.717) is 24.4 Å². The first-order valence-corrected chi connectivity index (χ1v) is 9.54. The molecular weight excluding hydrogens is 334 g/mol. The summed E-state index contributed by atoms with van der Waals surface area (Å²) in [5.74, 6) is 0.307. The smallest absolute Gasteiger partial charge is 0.245 e. The Morgan fingerprint density at radius 3 is 2.74 bits per heavy atom. The Morgan fingerprint density at radius 1 is 1.26 bits per heavy atom. The predicted octanol–water partition coefficient (Wildman–Crippen LogP) is 2.81. The molecule has 23 heavy (non-hydrogen) atoms. The molecule has 0 amide bonds. The average molecular weight is 351 g/mol. The lowest BCUT2D eigenvalue weighted by molar-refractivity contribution is 0.390. The number of thiazole rings is 1. The molecule has 0 saturated carbocycles. The van der Waals surface area contributed by atoms with Crippen molar-refractivity contribution in [2.75, 3.05) is 6.54 Å². The molecule has 2 aromatic heterocycles. The van der Waals surface area contributed by atoms with E-state index in [0.717, 1.165) is 21.6 Å². The molecule has 1 N–H and O–H groups in total. The van der Waals surface area contributed by atoms with Gasteiger partial charge in [-0.3, -0.25) is 0 Å². The number of nitrogens with one attached hydrogen (secondary N) is 1. The number of nitrogens with zero attached hydrogens (tertiary/aromatic N) is 2. The van der Waals surface area contributed by atoms with Crippen molar-refractivity contribution in [1.82, 2.24) is 14.9 Å². The van der Waals surface area contributed by atoms with Gasteiger partial charge in [0.25, 0.3) is 0 Å². The standard InChI is InChI=1S/C15H17N3O3S2/c1-10-15(11(2)21-18-10)23(19,20)16-9-5-8-14-17-12-6-3-4-7-13(12)22-14/h3-4,6-7,16H,5,8-9H2,1-2H3. The van der Waals surface area contributed by atoms with Gasteiger partial charge in [0.2, 0.25) is 10.0 Å². The van der Waals surface area contributed by atoms with Crippen molar-refractivity contribution in [2.45, 2.75) is 31.6 Å². The first-order valence-electron chi connectivity index (χ1n) is 7.24. The minimum Gasteiger partial charge on any atom is -0.360 e. The Hall–Kier alpha value is -1.77. The maximum Gasteiger partial charge on any atom is 0.245 e. The van der Waals surface area contributed by atoms with Crippen LogP contribution >= 0.6 is 11.3 Å². The predicted molar refractivity (Wildman–Crippen MR) is 89.1 cm³/mol. The fourth-order valence-corrected chi connectivity index (χ4v) is 4.81. The van der Waals surface area contributed by atoms with Gasteiger partial charge in [-0.2, -0.15) is 0 Å². The second-order valence-corrected chi connectivity index (χ2v) is 8.05. The van der Waals surface area contributed by atoms with Crippen LogP contribution in [0, 0.1) is 13.8 Å². The normalized spacial score (nSPS) is 12.1. The van der Waals surface area contributed by atoms with Crippen molar-refractivity contribution >= 4 is 31.6 Å². The minimum absolute atomic E-state index is 0.137. The summed E-state index contributed by atoms with van der Waals surface area (Å²) in [4.78, 5) is 4.68. The fraction of sp³-hybridized carbons (Fsp3) is 0.333. The van der Waals surface area contributed by atoms with E-state index in [1.807, 2.05) is 24.3 Å². The monoisotopic (exact) mass is 351 g/mol. The van der Waals surface area contributed by atoms with E-state index in [4.69, 9.17) is 4.52 Å². The van der Waals surface area contributed by atoms with Crippen LogP contribution in [0.3, 0.4) is 0 Å². The van der Waals surface area contributed by atoms with Gasteiger partial charge in [0.05, 0.1) is 15.2 Å². The zero-order valence-corrected chi connectivity index (χ0v) is 14.5. The molecule has 8 heteroatoms. The van der Waals surface area contributed by atoms with Gasteiger partial charge in [0.1, 0.15) is 10.6 Å². The summed E-state index contributed by atoms with van der Waals surface area (Å²) < 4.78 is 33.2. The third kappa shape index (κ3) is 3.44. The number of benzene rings is 1. The van der Waals surface area contributed by atoms with E-state index in [-0.39, 0.29) is 4.90 Å². The van der Waals surface area contributed by atoms with Crippen molar-refractivity contribution in [3.8, 4) is 0 Å². The van der Waals surface area contributed by atoms with E-state index in [1.165, 1.54) is 0 Å². The Labute approximate surface area is 138 Å². The molecule has 0 fully saturated rings. The Balaban J connectivity index is 1.59. The van der Waals surface area contributed by atoms with E-state index in [1.54, 1.807) is 25.2 Å². The summed E-state index contributed by atoms with van der Waals surface area (Å²) in [5, 5.41) is 4.70. The molecule has 0 saturated heterocycles. The first-order chi connectivity index (χ1) is 11.0. The van der Waals surface area contributed by atoms with Gasteiger partial charge >= 0.3 is 0 Å². The lowest BCUT2D eigenvalue weighted by Crippen LogP contribution is -2.26. The van der Waals surface area contributed by atoms with Crippen molar-refractivity contribution in [3.05, 3.63) is 40.7 Å². The van der Waals surface area contributed by atoms with Crippen molar-refractivity contribution in [1.29, 1.82) is 0 Å². The van der Waals surface area contributed by atoms with Crippen LogP contribution in [0.25, 0.3) is 10.2 Å².